The summed E-state index contributed by atoms with van der Waals surface area (Å²) < 4.78 is 31.7. The summed E-state index contributed by atoms with van der Waals surface area (Å²) in [6, 6.07) is 3.84. The third kappa shape index (κ3) is 3.34. The zero-order chi connectivity index (χ0) is 13.8. The number of anilines is 1. The Kier molecular flexibility index (Phi) is 4.94. The summed E-state index contributed by atoms with van der Waals surface area (Å²) in [5, 5.41) is 9.03. The summed E-state index contributed by atoms with van der Waals surface area (Å²) in [4.78, 5) is -0.0306. The third-order valence-corrected chi connectivity index (χ3v) is 4.05. The van der Waals surface area contributed by atoms with Crippen molar-refractivity contribution in [3.63, 3.8) is 0 Å². The van der Waals surface area contributed by atoms with Gasteiger partial charge >= 0.3 is 0 Å². The van der Waals surface area contributed by atoms with Crippen molar-refractivity contribution in [2.45, 2.75) is 24.3 Å². The Hall–Kier alpha value is -1.31. The zero-order valence-electron chi connectivity index (χ0n) is 10.4. The van der Waals surface area contributed by atoms with Gasteiger partial charge in [0.1, 0.15) is 10.6 Å². The largest absolute Gasteiger partial charge is 0.495 e. The van der Waals surface area contributed by atoms with Crippen molar-refractivity contribution in [1.82, 2.24) is 4.72 Å². The summed E-state index contributed by atoms with van der Waals surface area (Å²) in [5.74, 6) is 0.212. The molecule has 0 aromatic heterocycles. The first-order valence-electron chi connectivity index (χ1n) is 5.51. The molecule has 0 fully saturated rings. The molecule has 0 aliphatic carbocycles. The van der Waals surface area contributed by atoms with Crippen molar-refractivity contribution >= 4 is 15.7 Å². The summed E-state index contributed by atoms with van der Waals surface area (Å²) in [7, 11) is -2.38. The van der Waals surface area contributed by atoms with E-state index >= 15 is 0 Å². The molecular weight excluding hydrogens is 256 g/mol. The molecule has 0 aliphatic heterocycles. The third-order valence-electron chi connectivity index (χ3n) is 2.51. The van der Waals surface area contributed by atoms with Gasteiger partial charge in [-0.1, -0.05) is 6.92 Å². The van der Waals surface area contributed by atoms with Crippen LogP contribution in [0.25, 0.3) is 0 Å². The lowest BCUT2D eigenvalue weighted by Gasteiger charge is -2.16. The maximum absolute atomic E-state index is 12.1. The molecule has 0 spiro atoms. The molecule has 7 heteroatoms. The Balaban J connectivity index is 3.15. The van der Waals surface area contributed by atoms with Crippen LogP contribution in [-0.2, 0) is 10.0 Å². The maximum Gasteiger partial charge on any atom is 0.244 e. The van der Waals surface area contributed by atoms with Gasteiger partial charge in [-0.15, -0.1) is 0 Å². The average molecular weight is 274 g/mol. The number of aliphatic hydroxyl groups is 1. The van der Waals surface area contributed by atoms with Gasteiger partial charge in [-0.05, 0) is 24.6 Å². The molecular formula is C11H18N2O4S. The maximum atomic E-state index is 12.1. The number of ether oxygens (including phenoxy) is 1. The standard InChI is InChI=1S/C11H18N2O4S/c1-3-9(7-14)13-18(15,16)11-6-8(12)4-5-10(11)17-2/h4-6,9,13-14H,3,7,12H2,1-2H3/t9-/m1/s1. The Labute approximate surface area is 107 Å². The van der Waals surface area contributed by atoms with Crippen molar-refractivity contribution < 1.29 is 18.3 Å². The molecule has 0 unspecified atom stereocenters. The second-order valence-electron chi connectivity index (χ2n) is 3.82. The van der Waals surface area contributed by atoms with E-state index in [4.69, 9.17) is 15.6 Å². The van der Waals surface area contributed by atoms with Crippen LogP contribution in [0.3, 0.4) is 0 Å². The number of benzene rings is 1. The van der Waals surface area contributed by atoms with Gasteiger partial charge in [0, 0.05) is 11.7 Å². The monoisotopic (exact) mass is 274 g/mol. The molecule has 1 aromatic rings. The Bertz CT molecular complexity index is 498. The minimum Gasteiger partial charge on any atom is -0.495 e. The summed E-state index contributed by atoms with van der Waals surface area (Å²) in [6.45, 7) is 1.51. The number of nitrogen functional groups attached to an aromatic ring is 1. The lowest BCUT2D eigenvalue weighted by molar-refractivity contribution is 0.253. The van der Waals surface area contributed by atoms with Crippen LogP contribution in [0.1, 0.15) is 13.3 Å². The number of methoxy groups -OCH3 is 1. The van der Waals surface area contributed by atoms with E-state index in [2.05, 4.69) is 4.72 Å². The molecule has 0 heterocycles. The predicted molar refractivity (Wildman–Crippen MR) is 68.9 cm³/mol. The van der Waals surface area contributed by atoms with Gasteiger partial charge < -0.3 is 15.6 Å². The highest BCUT2D eigenvalue weighted by Crippen LogP contribution is 2.25. The highest BCUT2D eigenvalue weighted by Gasteiger charge is 2.22. The molecule has 102 valence electrons. The molecule has 1 aromatic carbocycles. The Morgan fingerprint density at radius 3 is 2.67 bits per heavy atom. The average Bonchev–Trinajstić information content (AvgIpc) is 2.36. The number of aliphatic hydroxyl groups excluding tert-OH is 1. The van der Waals surface area contributed by atoms with Crippen LogP contribution in [0.2, 0.25) is 0 Å². The van der Waals surface area contributed by atoms with Crippen LogP contribution in [0, 0.1) is 0 Å². The molecule has 0 saturated carbocycles. The van der Waals surface area contributed by atoms with Crippen molar-refractivity contribution in [3.8, 4) is 5.75 Å². The molecule has 4 N–H and O–H groups in total. The minimum atomic E-state index is -3.76. The van der Waals surface area contributed by atoms with Gasteiger partial charge in [0.25, 0.3) is 0 Å². The van der Waals surface area contributed by atoms with E-state index < -0.39 is 16.1 Å². The lowest BCUT2D eigenvalue weighted by Crippen LogP contribution is -2.37. The number of rotatable bonds is 6. The Morgan fingerprint density at radius 2 is 2.17 bits per heavy atom. The van der Waals surface area contributed by atoms with Gasteiger partial charge in [0.15, 0.2) is 0 Å². The lowest BCUT2D eigenvalue weighted by atomic mass is 10.3. The van der Waals surface area contributed by atoms with Crippen molar-refractivity contribution in [2.75, 3.05) is 19.5 Å². The first kappa shape index (κ1) is 14.7. The molecule has 0 radical (unpaired) electrons. The molecule has 6 nitrogen and oxygen atoms in total. The topological polar surface area (TPSA) is 102 Å². The fourth-order valence-electron chi connectivity index (χ4n) is 1.44. The SMILES string of the molecule is CC[C@H](CO)NS(=O)(=O)c1cc(N)ccc1OC. The summed E-state index contributed by atoms with van der Waals surface area (Å²) in [6.07, 6.45) is 0.486. The normalized spacial score (nSPS) is 13.3. The molecule has 0 amide bonds. The van der Waals surface area contributed by atoms with Crippen molar-refractivity contribution in [2.24, 2.45) is 0 Å². The molecule has 0 bridgehead atoms. The van der Waals surface area contributed by atoms with Gasteiger partial charge in [-0.2, -0.15) is 0 Å². The van der Waals surface area contributed by atoms with Crippen LogP contribution in [-0.4, -0.2) is 33.3 Å². The van der Waals surface area contributed by atoms with Gasteiger partial charge in [-0.25, -0.2) is 13.1 Å². The van der Waals surface area contributed by atoms with Crippen LogP contribution >= 0.6 is 0 Å². The summed E-state index contributed by atoms with van der Waals surface area (Å²) >= 11 is 0. The van der Waals surface area contributed by atoms with E-state index in [1.54, 1.807) is 13.0 Å². The van der Waals surface area contributed by atoms with E-state index in [0.717, 1.165) is 0 Å². The van der Waals surface area contributed by atoms with Crippen LogP contribution in [0.5, 0.6) is 5.75 Å². The van der Waals surface area contributed by atoms with Crippen molar-refractivity contribution in [3.05, 3.63) is 18.2 Å². The van der Waals surface area contributed by atoms with Crippen molar-refractivity contribution in [1.29, 1.82) is 0 Å². The predicted octanol–water partition coefficient (Wildman–Crippen LogP) is 0.327. The van der Waals surface area contributed by atoms with Gasteiger partial charge in [0.2, 0.25) is 10.0 Å². The van der Waals surface area contributed by atoms with E-state index in [0.29, 0.717) is 12.1 Å². The fourth-order valence-corrected chi connectivity index (χ4v) is 2.95. The van der Waals surface area contributed by atoms with Crippen LogP contribution < -0.4 is 15.2 Å². The zero-order valence-corrected chi connectivity index (χ0v) is 11.2. The van der Waals surface area contributed by atoms with Gasteiger partial charge in [0.05, 0.1) is 13.7 Å². The number of sulfonamides is 1. The first-order valence-corrected chi connectivity index (χ1v) is 6.99. The molecule has 18 heavy (non-hydrogen) atoms. The van der Waals surface area contributed by atoms with Crippen LogP contribution in [0.15, 0.2) is 23.1 Å². The fraction of sp³-hybridized carbons (Fsp3) is 0.455. The number of hydrogen-bond donors (Lipinski definition) is 3. The van der Waals surface area contributed by atoms with E-state index in [1.807, 2.05) is 0 Å². The number of hydrogen-bond acceptors (Lipinski definition) is 5. The molecule has 0 aliphatic rings. The first-order chi connectivity index (χ1) is 8.44. The Morgan fingerprint density at radius 1 is 1.50 bits per heavy atom. The highest BCUT2D eigenvalue weighted by molar-refractivity contribution is 7.89. The molecule has 1 atom stereocenters. The number of nitrogens with two attached hydrogens (primary N) is 1. The smallest absolute Gasteiger partial charge is 0.244 e. The quantitative estimate of drug-likeness (QED) is 0.649. The van der Waals surface area contributed by atoms with E-state index in [9.17, 15) is 8.42 Å². The molecule has 0 saturated heterocycles. The van der Waals surface area contributed by atoms with E-state index in [1.165, 1.54) is 19.2 Å². The second kappa shape index (κ2) is 6.03. The van der Waals surface area contributed by atoms with E-state index in [-0.39, 0.29) is 17.3 Å². The minimum absolute atomic E-state index is 0.0306. The number of nitrogens with one attached hydrogen (secondary N) is 1. The second-order valence-corrected chi connectivity index (χ2v) is 5.50. The summed E-state index contributed by atoms with van der Waals surface area (Å²) in [5.41, 5.74) is 5.90. The van der Waals surface area contributed by atoms with Gasteiger partial charge in [-0.3, -0.25) is 0 Å². The molecule has 1 rings (SSSR count). The van der Waals surface area contributed by atoms with Crippen LogP contribution in [0.4, 0.5) is 5.69 Å². The highest BCUT2D eigenvalue weighted by atomic mass is 32.2.